The Balaban J connectivity index is 2.74. The number of carbonyl (C=O) groups is 1. The van der Waals surface area contributed by atoms with Crippen molar-refractivity contribution < 1.29 is 18.7 Å². The number of methoxy groups -OCH3 is 1. The highest BCUT2D eigenvalue weighted by Crippen LogP contribution is 2.22. The minimum Gasteiger partial charge on any atom is -0.488 e. The first-order valence-corrected chi connectivity index (χ1v) is 7.17. The number of ether oxygens (including phenoxy) is 2. The summed E-state index contributed by atoms with van der Waals surface area (Å²) in [6.07, 6.45) is 0.943. The topological polar surface area (TPSA) is 47.6 Å². The number of halogens is 1. The summed E-state index contributed by atoms with van der Waals surface area (Å²) in [5.41, 5.74) is -0.852. The summed E-state index contributed by atoms with van der Waals surface area (Å²) in [4.78, 5) is 12.0. The van der Waals surface area contributed by atoms with Crippen molar-refractivity contribution in [3.8, 4) is 5.75 Å². The quantitative estimate of drug-likeness (QED) is 0.750. The number of esters is 1. The molecule has 1 aromatic carbocycles. The smallest absolute Gasteiger partial charge is 0.325 e. The van der Waals surface area contributed by atoms with Gasteiger partial charge in [-0.05, 0) is 38.9 Å². The van der Waals surface area contributed by atoms with E-state index in [0.29, 0.717) is 13.0 Å². The van der Waals surface area contributed by atoms with Gasteiger partial charge in [0.15, 0.2) is 11.6 Å². The van der Waals surface area contributed by atoms with Crippen LogP contribution in [0, 0.1) is 5.82 Å². The van der Waals surface area contributed by atoms with Crippen molar-refractivity contribution in [3.05, 3.63) is 30.1 Å². The van der Waals surface area contributed by atoms with E-state index in [0.717, 1.165) is 6.42 Å². The van der Waals surface area contributed by atoms with Gasteiger partial charge in [0.1, 0.15) is 5.54 Å². The molecule has 1 rings (SSSR count). The summed E-state index contributed by atoms with van der Waals surface area (Å²) in [6.45, 7) is 6.29. The normalized spacial score (nSPS) is 15.1. The number of benzene rings is 1. The molecule has 0 aliphatic heterocycles. The molecule has 0 heterocycles. The van der Waals surface area contributed by atoms with Gasteiger partial charge in [-0.25, -0.2) is 4.39 Å². The minimum atomic E-state index is -0.852. The average molecular weight is 297 g/mol. The molecule has 5 heteroatoms. The zero-order chi connectivity index (χ0) is 15.9. The molecule has 1 N–H and O–H groups in total. The Hall–Kier alpha value is -1.62. The van der Waals surface area contributed by atoms with Crippen molar-refractivity contribution in [1.29, 1.82) is 0 Å². The van der Waals surface area contributed by atoms with Crippen molar-refractivity contribution in [2.24, 2.45) is 0 Å². The monoisotopic (exact) mass is 297 g/mol. The first-order chi connectivity index (χ1) is 9.92. The van der Waals surface area contributed by atoms with Gasteiger partial charge in [-0.15, -0.1) is 0 Å². The number of nitrogens with one attached hydrogen (secondary N) is 1. The highest BCUT2D eigenvalue weighted by Gasteiger charge is 2.36. The van der Waals surface area contributed by atoms with Gasteiger partial charge in [0.2, 0.25) is 0 Å². The molecule has 0 aliphatic rings. The largest absolute Gasteiger partial charge is 0.488 e. The van der Waals surface area contributed by atoms with E-state index in [1.807, 2.05) is 6.92 Å². The lowest BCUT2D eigenvalue weighted by Gasteiger charge is -2.30. The fraction of sp³-hybridized carbons (Fsp3) is 0.562. The van der Waals surface area contributed by atoms with Gasteiger partial charge in [0.25, 0.3) is 0 Å². The molecule has 0 amide bonds. The molecule has 0 saturated carbocycles. The van der Waals surface area contributed by atoms with Crippen LogP contribution < -0.4 is 10.1 Å². The zero-order valence-electron chi connectivity index (χ0n) is 13.1. The molecule has 0 spiro atoms. The molecule has 2 atom stereocenters. The van der Waals surface area contributed by atoms with Crippen molar-refractivity contribution >= 4 is 5.97 Å². The average Bonchev–Trinajstić information content (AvgIpc) is 2.46. The molecule has 4 nitrogen and oxygen atoms in total. The van der Waals surface area contributed by atoms with Crippen molar-refractivity contribution in [2.45, 2.75) is 45.3 Å². The maximum absolute atomic E-state index is 13.6. The second-order valence-corrected chi connectivity index (χ2v) is 5.31. The van der Waals surface area contributed by atoms with E-state index in [1.165, 1.54) is 13.2 Å². The second-order valence-electron chi connectivity index (χ2n) is 5.31. The van der Waals surface area contributed by atoms with Gasteiger partial charge >= 0.3 is 5.97 Å². The van der Waals surface area contributed by atoms with Crippen LogP contribution in [0.15, 0.2) is 24.3 Å². The van der Waals surface area contributed by atoms with E-state index >= 15 is 0 Å². The van der Waals surface area contributed by atoms with Crippen LogP contribution in [0.4, 0.5) is 4.39 Å². The first kappa shape index (κ1) is 17.4. The molecule has 0 saturated heterocycles. The summed E-state index contributed by atoms with van der Waals surface area (Å²) in [6, 6.07) is 6.23. The maximum atomic E-state index is 13.6. The molecule has 0 aromatic heterocycles. The van der Waals surface area contributed by atoms with Crippen LogP contribution in [0.25, 0.3) is 0 Å². The summed E-state index contributed by atoms with van der Waals surface area (Å²) in [7, 11) is 1.36. The van der Waals surface area contributed by atoms with Gasteiger partial charge in [-0.2, -0.15) is 0 Å². The van der Waals surface area contributed by atoms with E-state index in [1.54, 1.807) is 32.0 Å². The summed E-state index contributed by atoms with van der Waals surface area (Å²) < 4.78 is 24.0. The van der Waals surface area contributed by atoms with Gasteiger partial charge in [-0.3, -0.25) is 4.79 Å². The molecule has 0 fully saturated rings. The number of carbonyl (C=O) groups excluding carboxylic acids is 1. The molecule has 0 bridgehead atoms. The molecule has 0 aliphatic carbocycles. The van der Waals surface area contributed by atoms with Gasteiger partial charge < -0.3 is 14.8 Å². The molecule has 1 aromatic rings. The zero-order valence-corrected chi connectivity index (χ0v) is 13.1. The van der Waals surface area contributed by atoms with Crippen LogP contribution in [0.3, 0.4) is 0 Å². The molecule has 21 heavy (non-hydrogen) atoms. The van der Waals surface area contributed by atoms with Crippen molar-refractivity contribution in [2.75, 3.05) is 13.7 Å². The van der Waals surface area contributed by atoms with Crippen molar-refractivity contribution in [1.82, 2.24) is 5.32 Å². The molecular formula is C16H24FNO3. The minimum absolute atomic E-state index is 0.188. The standard InChI is InChI=1S/C16H24FNO3/c1-5-10-18-16(3,15(19)20-4)11-12(2)21-14-9-7-6-8-13(14)17/h6-9,12,18H,5,10-11H2,1-4H3. The van der Waals surface area contributed by atoms with Gasteiger partial charge in [0, 0.05) is 6.42 Å². The number of hydrogen-bond donors (Lipinski definition) is 1. The first-order valence-electron chi connectivity index (χ1n) is 7.17. The van der Waals surface area contributed by atoms with Crippen LogP contribution in [0.2, 0.25) is 0 Å². The molecular weight excluding hydrogens is 273 g/mol. The Morgan fingerprint density at radius 1 is 1.43 bits per heavy atom. The number of para-hydroxylation sites is 1. The Bertz CT molecular complexity index is 467. The van der Waals surface area contributed by atoms with E-state index in [4.69, 9.17) is 9.47 Å². The maximum Gasteiger partial charge on any atom is 0.325 e. The van der Waals surface area contributed by atoms with E-state index in [2.05, 4.69) is 5.32 Å². The summed E-state index contributed by atoms with van der Waals surface area (Å²) in [5, 5.41) is 3.18. The lowest BCUT2D eigenvalue weighted by Crippen LogP contribution is -2.52. The predicted molar refractivity (Wildman–Crippen MR) is 79.8 cm³/mol. The molecule has 0 radical (unpaired) electrons. The number of hydrogen-bond acceptors (Lipinski definition) is 4. The Morgan fingerprint density at radius 3 is 2.67 bits per heavy atom. The fourth-order valence-electron chi connectivity index (χ4n) is 2.23. The Kier molecular flexibility index (Phi) is 6.62. The van der Waals surface area contributed by atoms with E-state index in [9.17, 15) is 9.18 Å². The Labute approximate surface area is 125 Å². The highest BCUT2D eigenvalue weighted by molar-refractivity contribution is 5.80. The predicted octanol–water partition coefficient (Wildman–Crippen LogP) is 2.91. The van der Waals surface area contributed by atoms with Crippen LogP contribution in [-0.2, 0) is 9.53 Å². The molecule has 118 valence electrons. The third kappa shape index (κ3) is 5.01. The van der Waals surface area contributed by atoms with Crippen LogP contribution in [0.1, 0.15) is 33.6 Å². The molecule has 2 unspecified atom stereocenters. The lowest BCUT2D eigenvalue weighted by molar-refractivity contribution is -0.149. The number of rotatable bonds is 8. The van der Waals surface area contributed by atoms with Gasteiger partial charge in [0.05, 0.1) is 13.2 Å². The second kappa shape index (κ2) is 7.98. The fourth-order valence-corrected chi connectivity index (χ4v) is 2.23. The third-order valence-corrected chi connectivity index (χ3v) is 3.26. The van der Waals surface area contributed by atoms with E-state index < -0.39 is 11.4 Å². The highest BCUT2D eigenvalue weighted by atomic mass is 19.1. The van der Waals surface area contributed by atoms with Crippen LogP contribution >= 0.6 is 0 Å². The van der Waals surface area contributed by atoms with E-state index in [-0.39, 0.29) is 17.8 Å². The SMILES string of the molecule is CCCNC(C)(CC(C)Oc1ccccc1F)C(=O)OC. The third-order valence-electron chi connectivity index (χ3n) is 3.26. The van der Waals surface area contributed by atoms with Crippen LogP contribution in [-0.4, -0.2) is 31.3 Å². The van der Waals surface area contributed by atoms with Gasteiger partial charge in [-0.1, -0.05) is 19.1 Å². The van der Waals surface area contributed by atoms with Crippen molar-refractivity contribution in [3.63, 3.8) is 0 Å². The Morgan fingerprint density at radius 2 is 2.10 bits per heavy atom. The van der Waals surface area contributed by atoms with Crippen LogP contribution in [0.5, 0.6) is 5.75 Å². The summed E-state index contributed by atoms with van der Waals surface area (Å²) in [5.74, 6) is -0.571. The lowest BCUT2D eigenvalue weighted by atomic mass is 9.94. The summed E-state index contributed by atoms with van der Waals surface area (Å²) >= 11 is 0.